The van der Waals surface area contributed by atoms with Crippen molar-refractivity contribution in [3.63, 3.8) is 0 Å². The van der Waals surface area contributed by atoms with Crippen LogP contribution in [-0.2, 0) is 11.2 Å². The summed E-state index contributed by atoms with van der Waals surface area (Å²) in [6.07, 6.45) is 8.06. The highest BCUT2D eigenvalue weighted by atomic mass is 32.2. The smallest absolute Gasteiger partial charge is 0.234 e. The summed E-state index contributed by atoms with van der Waals surface area (Å²) in [4.78, 5) is 12.0. The van der Waals surface area contributed by atoms with Gasteiger partial charge in [0.25, 0.3) is 0 Å². The summed E-state index contributed by atoms with van der Waals surface area (Å²) in [5, 5.41) is 10.6. The van der Waals surface area contributed by atoms with E-state index >= 15 is 0 Å². The molecule has 0 aliphatic heterocycles. The SMILES string of the molecule is Nn1c(CCC2CCCCC2)nnc1SCC(=O)Nc1ccc(F)c(F)c1F. The van der Waals surface area contributed by atoms with Crippen molar-refractivity contribution >= 4 is 23.4 Å². The lowest BCUT2D eigenvalue weighted by Crippen LogP contribution is -2.18. The molecule has 1 heterocycles. The number of hydrogen-bond acceptors (Lipinski definition) is 5. The van der Waals surface area contributed by atoms with Gasteiger partial charge in [-0.3, -0.25) is 4.79 Å². The molecule has 1 amide bonds. The van der Waals surface area contributed by atoms with Crippen LogP contribution in [0.25, 0.3) is 0 Å². The highest BCUT2D eigenvalue weighted by molar-refractivity contribution is 7.99. The Morgan fingerprint density at radius 3 is 2.68 bits per heavy atom. The average molecular weight is 413 g/mol. The Balaban J connectivity index is 1.51. The molecule has 10 heteroatoms. The number of nitrogens with two attached hydrogens (primary N) is 1. The highest BCUT2D eigenvalue weighted by Crippen LogP contribution is 2.27. The zero-order chi connectivity index (χ0) is 20.1. The van der Waals surface area contributed by atoms with Crippen LogP contribution in [0.1, 0.15) is 44.3 Å². The minimum absolute atomic E-state index is 0.129. The molecule has 1 aromatic heterocycles. The molecule has 3 rings (SSSR count). The van der Waals surface area contributed by atoms with E-state index in [4.69, 9.17) is 5.84 Å². The molecule has 0 radical (unpaired) electrons. The number of carbonyl (C=O) groups excluding carboxylic acids is 1. The minimum atomic E-state index is -1.63. The molecular formula is C18H22F3N5OS. The Kier molecular flexibility index (Phi) is 6.82. The Labute approximate surface area is 165 Å². The van der Waals surface area contributed by atoms with Gasteiger partial charge in [0, 0.05) is 6.42 Å². The number of carbonyl (C=O) groups is 1. The summed E-state index contributed by atoms with van der Waals surface area (Å²) in [7, 11) is 0. The molecule has 0 bridgehead atoms. The first-order valence-electron chi connectivity index (χ1n) is 9.21. The van der Waals surface area contributed by atoms with Crippen molar-refractivity contribution in [2.24, 2.45) is 5.92 Å². The summed E-state index contributed by atoms with van der Waals surface area (Å²) >= 11 is 1.03. The van der Waals surface area contributed by atoms with Crippen molar-refractivity contribution < 1.29 is 18.0 Å². The number of halogens is 3. The number of aromatic nitrogens is 3. The lowest BCUT2D eigenvalue weighted by molar-refractivity contribution is -0.113. The first-order valence-corrected chi connectivity index (χ1v) is 10.2. The van der Waals surface area contributed by atoms with Crippen LogP contribution in [0.3, 0.4) is 0 Å². The van der Waals surface area contributed by atoms with E-state index in [1.54, 1.807) is 0 Å². The molecule has 1 saturated carbocycles. The van der Waals surface area contributed by atoms with E-state index in [0.29, 0.717) is 16.9 Å². The number of nitrogens with zero attached hydrogens (tertiary/aromatic N) is 3. The van der Waals surface area contributed by atoms with Crippen LogP contribution in [0.4, 0.5) is 18.9 Å². The van der Waals surface area contributed by atoms with Gasteiger partial charge in [-0.2, -0.15) is 0 Å². The molecule has 28 heavy (non-hydrogen) atoms. The fourth-order valence-corrected chi connectivity index (χ4v) is 4.00. The average Bonchev–Trinajstić information content (AvgIpc) is 3.05. The quantitative estimate of drug-likeness (QED) is 0.411. The van der Waals surface area contributed by atoms with E-state index in [2.05, 4.69) is 15.5 Å². The van der Waals surface area contributed by atoms with Crippen LogP contribution >= 0.6 is 11.8 Å². The molecule has 0 spiro atoms. The Morgan fingerprint density at radius 1 is 1.18 bits per heavy atom. The lowest BCUT2D eigenvalue weighted by atomic mass is 9.86. The molecule has 0 saturated heterocycles. The second-order valence-corrected chi connectivity index (χ2v) is 7.81. The zero-order valence-corrected chi connectivity index (χ0v) is 16.1. The highest BCUT2D eigenvalue weighted by Gasteiger charge is 2.18. The number of thioether (sulfide) groups is 1. The number of rotatable bonds is 7. The molecule has 1 aliphatic carbocycles. The van der Waals surface area contributed by atoms with Crippen LogP contribution < -0.4 is 11.2 Å². The van der Waals surface area contributed by atoms with Crippen LogP contribution in [0.2, 0.25) is 0 Å². The van der Waals surface area contributed by atoms with Gasteiger partial charge >= 0.3 is 0 Å². The monoisotopic (exact) mass is 413 g/mol. The van der Waals surface area contributed by atoms with E-state index in [1.807, 2.05) is 0 Å². The summed E-state index contributed by atoms with van der Waals surface area (Å²) in [6.45, 7) is 0. The summed E-state index contributed by atoms with van der Waals surface area (Å²) in [5.41, 5.74) is -0.424. The molecule has 3 N–H and O–H groups in total. The first-order chi connectivity index (χ1) is 13.5. The predicted molar refractivity (Wildman–Crippen MR) is 101 cm³/mol. The van der Waals surface area contributed by atoms with Crippen LogP contribution in [-0.4, -0.2) is 26.5 Å². The first kappa shape index (κ1) is 20.5. The number of amides is 1. The van der Waals surface area contributed by atoms with E-state index in [9.17, 15) is 18.0 Å². The second kappa shape index (κ2) is 9.31. The van der Waals surface area contributed by atoms with Gasteiger partial charge < -0.3 is 11.2 Å². The summed E-state index contributed by atoms with van der Waals surface area (Å²) < 4.78 is 41.1. The van der Waals surface area contributed by atoms with Gasteiger partial charge in [-0.15, -0.1) is 10.2 Å². The normalized spacial score (nSPS) is 15.0. The molecule has 152 valence electrons. The van der Waals surface area contributed by atoms with Gasteiger partial charge in [-0.05, 0) is 24.5 Å². The third kappa shape index (κ3) is 4.98. The lowest BCUT2D eigenvalue weighted by Gasteiger charge is -2.20. The Bertz CT molecular complexity index is 839. The maximum Gasteiger partial charge on any atom is 0.234 e. The van der Waals surface area contributed by atoms with E-state index < -0.39 is 29.0 Å². The third-order valence-corrected chi connectivity index (χ3v) is 5.82. The zero-order valence-electron chi connectivity index (χ0n) is 15.3. The van der Waals surface area contributed by atoms with Crippen molar-refractivity contribution in [2.45, 2.75) is 50.1 Å². The maximum absolute atomic E-state index is 13.6. The molecule has 1 aliphatic rings. The maximum atomic E-state index is 13.6. The van der Waals surface area contributed by atoms with E-state index in [0.717, 1.165) is 36.7 Å². The van der Waals surface area contributed by atoms with Crippen molar-refractivity contribution in [2.75, 3.05) is 16.9 Å². The predicted octanol–water partition coefficient (Wildman–Crippen LogP) is 3.65. The van der Waals surface area contributed by atoms with Gasteiger partial charge in [-0.1, -0.05) is 43.9 Å². The molecule has 0 unspecified atom stereocenters. The van der Waals surface area contributed by atoms with Gasteiger partial charge in [0.05, 0.1) is 11.4 Å². The Morgan fingerprint density at radius 2 is 1.93 bits per heavy atom. The van der Waals surface area contributed by atoms with Gasteiger partial charge in [-0.25, -0.2) is 17.8 Å². The van der Waals surface area contributed by atoms with Crippen molar-refractivity contribution in [3.8, 4) is 0 Å². The van der Waals surface area contributed by atoms with E-state index in [1.165, 1.54) is 36.8 Å². The molecule has 1 aromatic carbocycles. The molecule has 6 nitrogen and oxygen atoms in total. The number of nitrogens with one attached hydrogen (secondary N) is 1. The van der Waals surface area contributed by atoms with Crippen LogP contribution in [0, 0.1) is 23.4 Å². The number of aryl methyl sites for hydroxylation is 1. The number of nitrogen functional groups attached to an aromatic ring is 1. The van der Waals surface area contributed by atoms with Gasteiger partial charge in [0.2, 0.25) is 11.1 Å². The standard InChI is InChI=1S/C18H22F3N5OS/c19-12-7-8-13(17(21)16(12)20)23-15(27)10-28-18-25-24-14(26(18)22)9-6-11-4-2-1-3-5-11/h7-8,11H,1-6,9-10,22H2,(H,23,27). The largest absolute Gasteiger partial charge is 0.336 e. The van der Waals surface area contributed by atoms with Crippen LogP contribution in [0.5, 0.6) is 0 Å². The van der Waals surface area contributed by atoms with Crippen molar-refractivity contribution in [1.82, 2.24) is 14.9 Å². The molecule has 0 atom stereocenters. The fourth-order valence-electron chi connectivity index (χ4n) is 3.32. The Hall–Kier alpha value is -2.23. The van der Waals surface area contributed by atoms with Crippen LogP contribution in [0.15, 0.2) is 17.3 Å². The third-order valence-electron chi connectivity index (χ3n) is 4.88. The number of hydrogen-bond donors (Lipinski definition) is 2. The van der Waals surface area contributed by atoms with Crippen molar-refractivity contribution in [3.05, 3.63) is 35.4 Å². The molecule has 1 fully saturated rings. The molecular weight excluding hydrogens is 391 g/mol. The summed E-state index contributed by atoms with van der Waals surface area (Å²) in [5.74, 6) is 2.24. The fraction of sp³-hybridized carbons (Fsp3) is 0.500. The molecule has 2 aromatic rings. The van der Waals surface area contributed by atoms with Gasteiger partial charge in [0.15, 0.2) is 23.3 Å². The van der Waals surface area contributed by atoms with Gasteiger partial charge in [0.1, 0.15) is 0 Å². The second-order valence-electron chi connectivity index (χ2n) is 6.87. The minimum Gasteiger partial charge on any atom is -0.336 e. The topological polar surface area (TPSA) is 85.8 Å². The summed E-state index contributed by atoms with van der Waals surface area (Å²) in [6, 6.07) is 1.71. The number of anilines is 1. The number of benzene rings is 1. The van der Waals surface area contributed by atoms with Crippen molar-refractivity contribution in [1.29, 1.82) is 0 Å². The van der Waals surface area contributed by atoms with E-state index in [-0.39, 0.29) is 5.75 Å².